The van der Waals surface area contributed by atoms with Crippen LogP contribution < -0.4 is 5.32 Å². The molecule has 1 aromatic heterocycles. The molecule has 0 saturated heterocycles. The van der Waals surface area contributed by atoms with Crippen molar-refractivity contribution in [2.45, 2.75) is 13.0 Å². The molecule has 0 spiro atoms. The van der Waals surface area contributed by atoms with Crippen LogP contribution >= 0.6 is 27.3 Å². The van der Waals surface area contributed by atoms with Crippen LogP contribution in [0.1, 0.15) is 17.8 Å². The van der Waals surface area contributed by atoms with Gasteiger partial charge in [-0.1, -0.05) is 0 Å². The Bertz CT molecular complexity index is 553. The first-order chi connectivity index (χ1) is 8.56. The van der Waals surface area contributed by atoms with E-state index >= 15 is 0 Å². The lowest BCUT2D eigenvalue weighted by atomic mass is 10.2. The summed E-state index contributed by atoms with van der Waals surface area (Å²) in [6.07, 6.45) is 0. The van der Waals surface area contributed by atoms with Crippen molar-refractivity contribution in [2.24, 2.45) is 0 Å². The van der Waals surface area contributed by atoms with Gasteiger partial charge >= 0.3 is 0 Å². The maximum absolute atomic E-state index is 10.5. The lowest BCUT2D eigenvalue weighted by molar-refractivity contribution is -0.384. The third kappa shape index (κ3) is 3.08. The Morgan fingerprint density at radius 2 is 2.06 bits per heavy atom. The monoisotopic (exact) mass is 326 g/mol. The molecule has 1 unspecified atom stereocenters. The normalized spacial score (nSPS) is 12.1. The van der Waals surface area contributed by atoms with E-state index in [0.717, 1.165) is 10.2 Å². The zero-order chi connectivity index (χ0) is 13.1. The molecule has 0 saturated carbocycles. The van der Waals surface area contributed by atoms with Crippen molar-refractivity contribution in [3.05, 3.63) is 55.2 Å². The highest BCUT2D eigenvalue weighted by Gasteiger charge is 2.09. The molecule has 0 aliphatic heterocycles. The Labute approximate surface area is 117 Å². The van der Waals surface area contributed by atoms with Gasteiger partial charge in [0.25, 0.3) is 5.69 Å². The molecule has 4 nitrogen and oxygen atoms in total. The first-order valence-electron chi connectivity index (χ1n) is 5.31. The van der Waals surface area contributed by atoms with Crippen LogP contribution in [0, 0.1) is 10.1 Å². The van der Waals surface area contributed by atoms with Gasteiger partial charge in [0.05, 0.1) is 11.0 Å². The van der Waals surface area contributed by atoms with E-state index in [1.165, 1.54) is 17.0 Å². The van der Waals surface area contributed by atoms with Gasteiger partial charge in [0, 0.05) is 32.6 Å². The Morgan fingerprint density at radius 1 is 1.39 bits per heavy atom. The van der Waals surface area contributed by atoms with Crippen molar-refractivity contribution >= 4 is 38.6 Å². The molecule has 0 aliphatic rings. The molecule has 94 valence electrons. The summed E-state index contributed by atoms with van der Waals surface area (Å²) in [5.41, 5.74) is 0.977. The number of non-ortho nitro benzene ring substituents is 1. The smallest absolute Gasteiger partial charge is 0.269 e. The van der Waals surface area contributed by atoms with Crippen molar-refractivity contribution in [1.29, 1.82) is 0 Å². The Hall–Kier alpha value is -1.40. The van der Waals surface area contributed by atoms with Crippen molar-refractivity contribution in [3.8, 4) is 0 Å². The first kappa shape index (κ1) is 13.0. The van der Waals surface area contributed by atoms with Crippen LogP contribution in [-0.4, -0.2) is 4.92 Å². The summed E-state index contributed by atoms with van der Waals surface area (Å²) in [5, 5.41) is 15.9. The largest absolute Gasteiger partial charge is 0.378 e. The summed E-state index contributed by atoms with van der Waals surface area (Å²) < 4.78 is 1.07. The minimum absolute atomic E-state index is 0.104. The number of anilines is 1. The van der Waals surface area contributed by atoms with E-state index in [4.69, 9.17) is 0 Å². The summed E-state index contributed by atoms with van der Waals surface area (Å²) in [7, 11) is 0. The van der Waals surface area contributed by atoms with Crippen molar-refractivity contribution in [3.63, 3.8) is 0 Å². The molecule has 0 aliphatic carbocycles. The third-order valence-corrected chi connectivity index (χ3v) is 4.35. The molecule has 0 amide bonds. The quantitative estimate of drug-likeness (QED) is 0.660. The third-order valence-electron chi connectivity index (χ3n) is 2.48. The highest BCUT2D eigenvalue weighted by Crippen LogP contribution is 2.28. The molecule has 0 radical (unpaired) electrons. The van der Waals surface area contributed by atoms with Crippen LogP contribution in [0.4, 0.5) is 11.4 Å². The highest BCUT2D eigenvalue weighted by atomic mass is 79.9. The van der Waals surface area contributed by atoms with Gasteiger partial charge in [-0.05, 0) is 41.1 Å². The maximum atomic E-state index is 10.5. The molecular weight excluding hydrogens is 316 g/mol. The van der Waals surface area contributed by atoms with Crippen LogP contribution in [0.25, 0.3) is 0 Å². The minimum Gasteiger partial charge on any atom is -0.378 e. The predicted molar refractivity (Wildman–Crippen MR) is 77.2 cm³/mol. The Balaban J connectivity index is 2.07. The molecule has 0 bridgehead atoms. The second-order valence-corrected chi connectivity index (χ2v) is 5.70. The van der Waals surface area contributed by atoms with E-state index in [0.29, 0.717) is 0 Å². The van der Waals surface area contributed by atoms with Crippen LogP contribution in [0.2, 0.25) is 0 Å². The number of nitrogens with zero attached hydrogens (tertiary/aromatic N) is 1. The van der Waals surface area contributed by atoms with E-state index in [9.17, 15) is 10.1 Å². The number of nitro groups is 1. The number of halogens is 1. The molecule has 2 rings (SSSR count). The average Bonchev–Trinajstić information content (AvgIpc) is 2.76. The molecule has 6 heteroatoms. The van der Waals surface area contributed by atoms with Gasteiger partial charge in [-0.15, -0.1) is 11.3 Å². The van der Waals surface area contributed by atoms with Gasteiger partial charge in [0.2, 0.25) is 0 Å². The van der Waals surface area contributed by atoms with Crippen LogP contribution in [0.5, 0.6) is 0 Å². The van der Waals surface area contributed by atoms with Gasteiger partial charge in [-0.2, -0.15) is 0 Å². The summed E-state index contributed by atoms with van der Waals surface area (Å²) in [6.45, 7) is 2.06. The second kappa shape index (κ2) is 5.49. The molecule has 1 aromatic carbocycles. The van der Waals surface area contributed by atoms with Gasteiger partial charge in [-0.25, -0.2) is 0 Å². The van der Waals surface area contributed by atoms with Crippen LogP contribution in [-0.2, 0) is 0 Å². The van der Waals surface area contributed by atoms with Crippen LogP contribution in [0.3, 0.4) is 0 Å². The minimum atomic E-state index is -0.399. The SMILES string of the molecule is CC(Nc1ccc([N+](=O)[O-])cc1)c1cc(Br)cs1. The second-order valence-electron chi connectivity index (χ2n) is 3.84. The van der Waals surface area contributed by atoms with E-state index in [-0.39, 0.29) is 11.7 Å². The highest BCUT2D eigenvalue weighted by molar-refractivity contribution is 9.10. The van der Waals surface area contributed by atoms with Gasteiger partial charge in [0.1, 0.15) is 0 Å². The van der Waals surface area contributed by atoms with Crippen molar-refractivity contribution in [2.75, 3.05) is 5.32 Å². The molecule has 1 N–H and O–H groups in total. The molecule has 2 aromatic rings. The molecule has 1 atom stereocenters. The summed E-state index contributed by atoms with van der Waals surface area (Å²) in [4.78, 5) is 11.3. The fraction of sp³-hybridized carbons (Fsp3) is 0.167. The number of benzene rings is 1. The van der Waals surface area contributed by atoms with E-state index in [2.05, 4.69) is 34.2 Å². The first-order valence-corrected chi connectivity index (χ1v) is 6.98. The number of thiophene rings is 1. The number of hydrogen-bond acceptors (Lipinski definition) is 4. The zero-order valence-corrected chi connectivity index (χ0v) is 12.0. The summed E-state index contributed by atoms with van der Waals surface area (Å²) in [6, 6.07) is 8.67. The lowest BCUT2D eigenvalue weighted by Gasteiger charge is -2.13. The fourth-order valence-corrected chi connectivity index (χ4v) is 3.01. The topological polar surface area (TPSA) is 55.2 Å². The van der Waals surface area contributed by atoms with Gasteiger partial charge < -0.3 is 5.32 Å². The summed E-state index contributed by atoms with van der Waals surface area (Å²) in [5.74, 6) is 0. The number of hydrogen-bond donors (Lipinski definition) is 1. The number of nitro benzene ring substituents is 1. The van der Waals surface area contributed by atoms with Crippen molar-refractivity contribution < 1.29 is 4.92 Å². The van der Waals surface area contributed by atoms with E-state index < -0.39 is 4.92 Å². The Morgan fingerprint density at radius 3 is 2.56 bits per heavy atom. The number of rotatable bonds is 4. The molecular formula is C12H11BrN2O2S. The fourth-order valence-electron chi connectivity index (χ4n) is 1.56. The van der Waals surface area contributed by atoms with E-state index in [1.807, 2.05) is 5.38 Å². The van der Waals surface area contributed by atoms with Gasteiger partial charge in [-0.3, -0.25) is 10.1 Å². The lowest BCUT2D eigenvalue weighted by Crippen LogP contribution is -2.04. The molecule has 0 fully saturated rings. The molecule has 1 heterocycles. The van der Waals surface area contributed by atoms with E-state index in [1.54, 1.807) is 23.5 Å². The zero-order valence-electron chi connectivity index (χ0n) is 9.59. The number of nitrogens with one attached hydrogen (secondary N) is 1. The molecule has 18 heavy (non-hydrogen) atoms. The predicted octanol–water partition coefficient (Wildman–Crippen LogP) is 4.59. The Kier molecular flexibility index (Phi) is 3.98. The van der Waals surface area contributed by atoms with Crippen molar-refractivity contribution in [1.82, 2.24) is 0 Å². The van der Waals surface area contributed by atoms with Crippen LogP contribution in [0.15, 0.2) is 40.2 Å². The average molecular weight is 327 g/mol. The van der Waals surface area contributed by atoms with Gasteiger partial charge in [0.15, 0.2) is 0 Å². The summed E-state index contributed by atoms with van der Waals surface area (Å²) >= 11 is 5.09. The standard InChI is InChI=1S/C12H11BrN2O2S/c1-8(12-6-9(13)7-18-12)14-10-2-4-11(5-3-10)15(16)17/h2-8,14H,1H3. The maximum Gasteiger partial charge on any atom is 0.269 e.